The molecule has 0 amide bonds. The molecular weight excluding hydrogens is 294 g/mol. The van der Waals surface area contributed by atoms with Crippen molar-refractivity contribution in [3.63, 3.8) is 0 Å². The summed E-state index contributed by atoms with van der Waals surface area (Å²) in [5, 5.41) is 3.15. The molecule has 23 heavy (non-hydrogen) atoms. The monoisotopic (exact) mass is 317 g/mol. The van der Waals surface area contributed by atoms with Gasteiger partial charge in [0.25, 0.3) is 0 Å². The number of nitrogen functional groups attached to an aromatic ring is 1. The van der Waals surface area contributed by atoms with Crippen LogP contribution in [0.15, 0.2) is 18.2 Å². The van der Waals surface area contributed by atoms with Crippen LogP contribution in [-0.4, -0.2) is 28.2 Å². The van der Waals surface area contributed by atoms with E-state index in [-0.39, 0.29) is 11.9 Å². The molecule has 0 unspecified atom stereocenters. The van der Waals surface area contributed by atoms with E-state index in [1.165, 1.54) is 0 Å². The molecular formula is C16H23N5O2. The van der Waals surface area contributed by atoms with Crippen LogP contribution in [-0.2, 0) is 0 Å². The van der Waals surface area contributed by atoms with E-state index in [1.807, 2.05) is 45.9 Å². The third-order valence-corrected chi connectivity index (χ3v) is 2.99. The molecule has 2 aromatic rings. The van der Waals surface area contributed by atoms with E-state index in [4.69, 9.17) is 15.2 Å². The molecule has 0 radical (unpaired) electrons. The van der Waals surface area contributed by atoms with Gasteiger partial charge in [-0.15, -0.1) is 0 Å². The van der Waals surface area contributed by atoms with Gasteiger partial charge in [-0.25, -0.2) is 0 Å². The second kappa shape index (κ2) is 7.62. The molecule has 0 saturated carbocycles. The summed E-state index contributed by atoms with van der Waals surface area (Å²) in [7, 11) is 0. The molecule has 0 fully saturated rings. The van der Waals surface area contributed by atoms with Gasteiger partial charge in [0, 0.05) is 12.0 Å². The van der Waals surface area contributed by atoms with Crippen LogP contribution in [0.25, 0.3) is 0 Å². The molecule has 124 valence electrons. The highest BCUT2D eigenvalue weighted by molar-refractivity contribution is 5.65. The number of rotatable bonds is 7. The highest BCUT2D eigenvalue weighted by atomic mass is 16.5. The largest absolute Gasteiger partial charge is 0.494 e. The Kier molecular flexibility index (Phi) is 5.56. The van der Waals surface area contributed by atoms with Gasteiger partial charge in [0.05, 0.1) is 18.9 Å². The molecule has 1 aromatic heterocycles. The van der Waals surface area contributed by atoms with Crippen molar-refractivity contribution < 1.29 is 9.47 Å². The first kappa shape index (κ1) is 16.8. The standard InChI is InChI=1S/C16H23N5O2/c1-5-22-11-7-8-13(23-6-2)12(9-11)18-16-20-14(10(3)4)19-15(17)21-16/h7-10H,5-6H2,1-4H3,(H3,17,18,19,20,21). The first-order valence-electron chi connectivity index (χ1n) is 7.71. The number of ether oxygens (including phenoxy) is 2. The second-order valence-corrected chi connectivity index (χ2v) is 5.18. The summed E-state index contributed by atoms with van der Waals surface area (Å²) >= 11 is 0. The molecule has 1 aromatic carbocycles. The molecule has 7 nitrogen and oxygen atoms in total. The average Bonchev–Trinajstić information content (AvgIpc) is 2.49. The molecule has 2 rings (SSSR count). The smallest absolute Gasteiger partial charge is 0.232 e. The summed E-state index contributed by atoms with van der Waals surface area (Å²) in [6.07, 6.45) is 0. The number of anilines is 3. The Hall–Kier alpha value is -2.57. The summed E-state index contributed by atoms with van der Waals surface area (Å²) in [6.45, 7) is 9.01. The van der Waals surface area contributed by atoms with Gasteiger partial charge in [0.15, 0.2) is 0 Å². The summed E-state index contributed by atoms with van der Waals surface area (Å²) in [5.74, 6) is 2.80. The highest BCUT2D eigenvalue weighted by Gasteiger charge is 2.11. The zero-order valence-corrected chi connectivity index (χ0v) is 14.0. The minimum absolute atomic E-state index is 0.155. The summed E-state index contributed by atoms with van der Waals surface area (Å²) in [5.41, 5.74) is 6.49. The van der Waals surface area contributed by atoms with Gasteiger partial charge >= 0.3 is 0 Å². The molecule has 1 heterocycles. The minimum Gasteiger partial charge on any atom is -0.494 e. The van der Waals surface area contributed by atoms with Crippen LogP contribution >= 0.6 is 0 Å². The SMILES string of the molecule is CCOc1ccc(OCC)c(Nc2nc(N)nc(C(C)C)n2)c1. The molecule has 0 atom stereocenters. The van der Waals surface area contributed by atoms with Gasteiger partial charge in [-0.05, 0) is 26.0 Å². The lowest BCUT2D eigenvalue weighted by Gasteiger charge is -2.14. The van der Waals surface area contributed by atoms with E-state index in [9.17, 15) is 0 Å². The van der Waals surface area contributed by atoms with Crippen LogP contribution in [0.4, 0.5) is 17.6 Å². The van der Waals surface area contributed by atoms with E-state index in [2.05, 4.69) is 20.3 Å². The van der Waals surface area contributed by atoms with Gasteiger partial charge in [-0.2, -0.15) is 15.0 Å². The number of nitrogens with two attached hydrogens (primary N) is 1. The maximum absolute atomic E-state index is 5.77. The molecule has 0 spiro atoms. The molecule has 0 aliphatic carbocycles. The molecule has 3 N–H and O–H groups in total. The highest BCUT2D eigenvalue weighted by Crippen LogP contribution is 2.31. The predicted octanol–water partition coefficient (Wildman–Crippen LogP) is 3.12. The fraction of sp³-hybridized carbons (Fsp3) is 0.438. The van der Waals surface area contributed by atoms with Crippen molar-refractivity contribution in [1.29, 1.82) is 0 Å². The Bertz CT molecular complexity index is 661. The van der Waals surface area contributed by atoms with Gasteiger partial charge < -0.3 is 20.5 Å². The van der Waals surface area contributed by atoms with Crippen LogP contribution in [0.3, 0.4) is 0 Å². The minimum atomic E-state index is 0.155. The number of aromatic nitrogens is 3. The zero-order valence-electron chi connectivity index (χ0n) is 14.0. The third kappa shape index (κ3) is 4.45. The van der Waals surface area contributed by atoms with E-state index in [0.29, 0.717) is 30.7 Å². The van der Waals surface area contributed by atoms with Crippen molar-refractivity contribution in [1.82, 2.24) is 15.0 Å². The van der Waals surface area contributed by atoms with Crippen molar-refractivity contribution in [2.24, 2.45) is 0 Å². The Morgan fingerprint density at radius 3 is 2.48 bits per heavy atom. The number of hydrogen-bond donors (Lipinski definition) is 2. The van der Waals surface area contributed by atoms with Gasteiger partial charge in [-0.3, -0.25) is 0 Å². The maximum Gasteiger partial charge on any atom is 0.232 e. The molecule has 0 aliphatic heterocycles. The lowest BCUT2D eigenvalue weighted by molar-refractivity contribution is 0.332. The fourth-order valence-electron chi connectivity index (χ4n) is 1.99. The number of hydrogen-bond acceptors (Lipinski definition) is 7. The molecule has 0 bridgehead atoms. The maximum atomic E-state index is 5.77. The van der Waals surface area contributed by atoms with Crippen LogP contribution in [0, 0.1) is 0 Å². The Balaban J connectivity index is 2.35. The third-order valence-electron chi connectivity index (χ3n) is 2.99. The van der Waals surface area contributed by atoms with Gasteiger partial charge in [0.2, 0.25) is 11.9 Å². The van der Waals surface area contributed by atoms with Crippen molar-refractivity contribution in [2.45, 2.75) is 33.6 Å². The van der Waals surface area contributed by atoms with Crippen LogP contribution in [0.1, 0.15) is 39.4 Å². The second-order valence-electron chi connectivity index (χ2n) is 5.18. The van der Waals surface area contributed by atoms with Crippen molar-refractivity contribution in [2.75, 3.05) is 24.3 Å². The number of benzene rings is 1. The topological polar surface area (TPSA) is 95.2 Å². The van der Waals surface area contributed by atoms with Crippen molar-refractivity contribution in [3.8, 4) is 11.5 Å². The fourth-order valence-corrected chi connectivity index (χ4v) is 1.99. The van der Waals surface area contributed by atoms with Crippen LogP contribution < -0.4 is 20.5 Å². The van der Waals surface area contributed by atoms with Crippen molar-refractivity contribution in [3.05, 3.63) is 24.0 Å². The van der Waals surface area contributed by atoms with E-state index < -0.39 is 0 Å². The first-order chi connectivity index (χ1) is 11.0. The van der Waals surface area contributed by atoms with Crippen LogP contribution in [0.5, 0.6) is 11.5 Å². The molecule has 0 saturated heterocycles. The number of nitrogens with one attached hydrogen (secondary N) is 1. The summed E-state index contributed by atoms with van der Waals surface area (Å²) in [4.78, 5) is 12.7. The lowest BCUT2D eigenvalue weighted by Crippen LogP contribution is -2.09. The zero-order chi connectivity index (χ0) is 16.8. The normalized spacial score (nSPS) is 10.7. The molecule has 7 heteroatoms. The number of nitrogens with zero attached hydrogens (tertiary/aromatic N) is 3. The van der Waals surface area contributed by atoms with E-state index in [1.54, 1.807) is 0 Å². The lowest BCUT2D eigenvalue weighted by atomic mass is 10.2. The Labute approximate surface area is 136 Å². The van der Waals surface area contributed by atoms with E-state index >= 15 is 0 Å². The Morgan fingerprint density at radius 1 is 1.09 bits per heavy atom. The van der Waals surface area contributed by atoms with Crippen molar-refractivity contribution >= 4 is 17.6 Å². The molecule has 0 aliphatic rings. The Morgan fingerprint density at radius 2 is 1.83 bits per heavy atom. The summed E-state index contributed by atoms with van der Waals surface area (Å²) in [6, 6.07) is 5.56. The van der Waals surface area contributed by atoms with Gasteiger partial charge in [-0.1, -0.05) is 13.8 Å². The van der Waals surface area contributed by atoms with Crippen LogP contribution in [0.2, 0.25) is 0 Å². The van der Waals surface area contributed by atoms with Gasteiger partial charge in [0.1, 0.15) is 17.3 Å². The summed E-state index contributed by atoms with van der Waals surface area (Å²) < 4.78 is 11.2. The predicted molar refractivity (Wildman–Crippen MR) is 90.4 cm³/mol. The van der Waals surface area contributed by atoms with E-state index in [0.717, 1.165) is 11.4 Å². The average molecular weight is 317 g/mol. The first-order valence-corrected chi connectivity index (χ1v) is 7.71. The quantitative estimate of drug-likeness (QED) is 0.810.